The van der Waals surface area contributed by atoms with E-state index in [0.717, 1.165) is 20.5 Å². The summed E-state index contributed by atoms with van der Waals surface area (Å²) < 4.78 is 1.05. The highest BCUT2D eigenvalue weighted by Crippen LogP contribution is 2.21. The van der Waals surface area contributed by atoms with Gasteiger partial charge in [0.25, 0.3) is 0 Å². The topological polar surface area (TPSA) is 17.1 Å². The van der Waals surface area contributed by atoms with E-state index >= 15 is 0 Å². The number of ketones is 1. The number of carbonyl (C=O) groups excluding carboxylic acids is 1. The lowest BCUT2D eigenvalue weighted by molar-refractivity contribution is 0.104. The molecule has 0 aliphatic rings. The monoisotopic (exact) mass is 306 g/mol. The Bertz CT molecular complexity index is 569. The Balaban J connectivity index is 2.17. The number of aryl methyl sites for hydroxylation is 1. The summed E-state index contributed by atoms with van der Waals surface area (Å²) in [5.41, 5.74) is 1.77. The van der Waals surface area contributed by atoms with E-state index in [0.29, 0.717) is 0 Å². The van der Waals surface area contributed by atoms with Crippen LogP contribution in [0.3, 0.4) is 0 Å². The van der Waals surface area contributed by atoms with Gasteiger partial charge in [-0.25, -0.2) is 0 Å². The molecule has 0 amide bonds. The van der Waals surface area contributed by atoms with E-state index in [9.17, 15) is 4.79 Å². The molecule has 0 aliphatic carbocycles. The first-order chi connectivity index (χ1) is 8.16. The van der Waals surface area contributed by atoms with Gasteiger partial charge in [-0.2, -0.15) is 0 Å². The highest BCUT2D eigenvalue weighted by Gasteiger charge is 2.04. The molecule has 1 aromatic carbocycles. The quantitative estimate of drug-likeness (QED) is 0.592. The molecule has 0 unspecified atom stereocenters. The summed E-state index contributed by atoms with van der Waals surface area (Å²) in [6, 6.07) is 9.61. The minimum absolute atomic E-state index is 0.0487. The SMILES string of the molecule is Cc1ccccc1C(=O)/C=C/c1cc(Br)cs1. The molecule has 0 aliphatic heterocycles. The Morgan fingerprint density at radius 1 is 1.35 bits per heavy atom. The summed E-state index contributed by atoms with van der Waals surface area (Å²) >= 11 is 4.99. The van der Waals surface area contributed by atoms with Gasteiger partial charge in [0.15, 0.2) is 5.78 Å². The lowest BCUT2D eigenvalue weighted by Gasteiger charge is -1.99. The van der Waals surface area contributed by atoms with Crippen LogP contribution in [0.2, 0.25) is 0 Å². The molecule has 0 radical (unpaired) electrons. The molecule has 0 saturated carbocycles. The van der Waals surface area contributed by atoms with E-state index in [1.165, 1.54) is 0 Å². The first-order valence-electron chi connectivity index (χ1n) is 5.19. The second-order valence-corrected chi connectivity index (χ2v) is 5.54. The van der Waals surface area contributed by atoms with E-state index in [4.69, 9.17) is 0 Å². The van der Waals surface area contributed by atoms with Crippen LogP contribution < -0.4 is 0 Å². The normalized spacial score (nSPS) is 10.9. The second kappa shape index (κ2) is 5.43. The Morgan fingerprint density at radius 3 is 2.76 bits per heavy atom. The van der Waals surface area contributed by atoms with Crippen molar-refractivity contribution in [3.8, 4) is 0 Å². The molecule has 0 fully saturated rings. The number of rotatable bonds is 3. The van der Waals surface area contributed by atoms with Crippen LogP contribution in [-0.4, -0.2) is 5.78 Å². The summed E-state index contributed by atoms with van der Waals surface area (Å²) in [6.07, 6.45) is 3.48. The highest BCUT2D eigenvalue weighted by atomic mass is 79.9. The number of carbonyl (C=O) groups is 1. The van der Waals surface area contributed by atoms with E-state index in [2.05, 4.69) is 15.9 Å². The van der Waals surface area contributed by atoms with Crippen molar-refractivity contribution < 1.29 is 4.79 Å². The van der Waals surface area contributed by atoms with E-state index in [1.54, 1.807) is 17.4 Å². The van der Waals surface area contributed by atoms with Crippen molar-refractivity contribution in [3.05, 3.63) is 62.3 Å². The molecule has 0 saturated heterocycles. The van der Waals surface area contributed by atoms with Crippen molar-refractivity contribution in [2.24, 2.45) is 0 Å². The van der Waals surface area contributed by atoms with Crippen molar-refractivity contribution in [1.29, 1.82) is 0 Å². The molecular weight excluding hydrogens is 296 g/mol. The van der Waals surface area contributed by atoms with Crippen molar-refractivity contribution >= 4 is 39.1 Å². The summed E-state index contributed by atoms with van der Waals surface area (Å²) in [5.74, 6) is 0.0487. The summed E-state index contributed by atoms with van der Waals surface area (Å²) in [4.78, 5) is 13.0. The Labute approximate surface area is 113 Å². The fourth-order valence-corrected chi connectivity index (χ4v) is 2.85. The van der Waals surface area contributed by atoms with Crippen molar-refractivity contribution in [2.45, 2.75) is 6.92 Å². The number of allylic oxidation sites excluding steroid dienone is 1. The van der Waals surface area contributed by atoms with Gasteiger partial charge in [0.2, 0.25) is 0 Å². The van der Waals surface area contributed by atoms with Crippen molar-refractivity contribution in [2.75, 3.05) is 0 Å². The number of halogens is 1. The zero-order valence-electron chi connectivity index (χ0n) is 9.31. The van der Waals surface area contributed by atoms with Crippen LogP contribution >= 0.6 is 27.3 Å². The zero-order valence-corrected chi connectivity index (χ0v) is 11.7. The fraction of sp³-hybridized carbons (Fsp3) is 0.0714. The molecule has 1 aromatic heterocycles. The average molecular weight is 307 g/mol. The fourth-order valence-electron chi connectivity index (χ4n) is 1.51. The predicted octanol–water partition coefficient (Wildman–Crippen LogP) is 4.72. The smallest absolute Gasteiger partial charge is 0.186 e. The van der Waals surface area contributed by atoms with E-state index in [-0.39, 0.29) is 5.78 Å². The minimum atomic E-state index is 0.0487. The summed E-state index contributed by atoms with van der Waals surface area (Å²) in [6.45, 7) is 1.95. The predicted molar refractivity (Wildman–Crippen MR) is 76.6 cm³/mol. The van der Waals surface area contributed by atoms with Gasteiger partial charge < -0.3 is 0 Å². The Hall–Kier alpha value is -1.19. The maximum absolute atomic E-state index is 12.0. The first kappa shape index (κ1) is 12.3. The number of hydrogen-bond donors (Lipinski definition) is 0. The van der Waals surface area contributed by atoms with Crippen LogP contribution in [0.1, 0.15) is 20.8 Å². The Kier molecular flexibility index (Phi) is 3.92. The van der Waals surface area contributed by atoms with E-state index < -0.39 is 0 Å². The molecule has 0 spiro atoms. The molecule has 3 heteroatoms. The van der Waals surface area contributed by atoms with Gasteiger partial charge in [0.05, 0.1) is 0 Å². The summed E-state index contributed by atoms with van der Waals surface area (Å²) in [7, 11) is 0. The number of thiophene rings is 1. The largest absolute Gasteiger partial charge is 0.289 e. The molecule has 0 atom stereocenters. The average Bonchev–Trinajstić information content (AvgIpc) is 2.73. The molecule has 0 N–H and O–H groups in total. The van der Waals surface area contributed by atoms with E-state index in [1.807, 2.05) is 48.7 Å². The van der Waals surface area contributed by atoms with Crippen LogP contribution in [0.4, 0.5) is 0 Å². The van der Waals surface area contributed by atoms with Gasteiger partial charge in [-0.05, 0) is 46.6 Å². The van der Waals surface area contributed by atoms with Gasteiger partial charge in [-0.3, -0.25) is 4.79 Å². The maximum Gasteiger partial charge on any atom is 0.186 e. The molecule has 0 bridgehead atoms. The first-order valence-corrected chi connectivity index (χ1v) is 6.86. The van der Waals surface area contributed by atoms with Gasteiger partial charge in [0.1, 0.15) is 0 Å². The Morgan fingerprint density at radius 2 is 2.12 bits per heavy atom. The van der Waals surface area contributed by atoms with Gasteiger partial charge in [0, 0.05) is 20.3 Å². The molecule has 1 heterocycles. The third-order valence-electron chi connectivity index (χ3n) is 2.40. The minimum Gasteiger partial charge on any atom is -0.289 e. The highest BCUT2D eigenvalue weighted by molar-refractivity contribution is 9.10. The van der Waals surface area contributed by atoms with Crippen LogP contribution in [0.15, 0.2) is 46.3 Å². The van der Waals surface area contributed by atoms with Crippen LogP contribution in [0, 0.1) is 6.92 Å². The number of hydrogen-bond acceptors (Lipinski definition) is 2. The van der Waals surface area contributed by atoms with Crippen LogP contribution in [0.25, 0.3) is 6.08 Å². The summed E-state index contributed by atoms with van der Waals surface area (Å²) in [5, 5.41) is 2.00. The molecule has 17 heavy (non-hydrogen) atoms. The van der Waals surface area contributed by atoms with Crippen LogP contribution in [-0.2, 0) is 0 Å². The zero-order chi connectivity index (χ0) is 12.3. The standard InChI is InChI=1S/C14H11BrOS/c1-10-4-2-3-5-13(10)14(16)7-6-12-8-11(15)9-17-12/h2-9H,1H3/b7-6+. The third-order valence-corrected chi connectivity index (χ3v) is 4.06. The van der Waals surface area contributed by atoms with Gasteiger partial charge in [-0.15, -0.1) is 11.3 Å². The van der Waals surface area contributed by atoms with Crippen LogP contribution in [0.5, 0.6) is 0 Å². The molecule has 86 valence electrons. The lowest BCUT2D eigenvalue weighted by Crippen LogP contribution is -1.96. The molecular formula is C14H11BrOS. The van der Waals surface area contributed by atoms with Crippen molar-refractivity contribution in [1.82, 2.24) is 0 Å². The third kappa shape index (κ3) is 3.14. The molecule has 2 aromatic rings. The molecule has 1 nitrogen and oxygen atoms in total. The molecule has 2 rings (SSSR count). The number of benzene rings is 1. The van der Waals surface area contributed by atoms with Crippen molar-refractivity contribution in [3.63, 3.8) is 0 Å². The van der Waals surface area contributed by atoms with Gasteiger partial charge >= 0.3 is 0 Å². The second-order valence-electron chi connectivity index (χ2n) is 3.68. The maximum atomic E-state index is 12.0. The van der Waals surface area contributed by atoms with Gasteiger partial charge in [-0.1, -0.05) is 24.3 Å². The lowest BCUT2D eigenvalue weighted by atomic mass is 10.0.